The monoisotopic (exact) mass is 270 g/mol. The summed E-state index contributed by atoms with van der Waals surface area (Å²) in [5, 5.41) is 8.43. The number of aliphatic hydroxyl groups is 1. The van der Waals surface area contributed by atoms with Gasteiger partial charge in [0.25, 0.3) is 0 Å². The van der Waals surface area contributed by atoms with Crippen LogP contribution in [0.5, 0.6) is 0 Å². The Bertz CT molecular complexity index is 277. The Labute approximate surface area is 102 Å². The van der Waals surface area contributed by atoms with Crippen molar-refractivity contribution in [1.29, 1.82) is 0 Å². The number of alkyl halides is 3. The molecule has 102 valence electrons. The van der Waals surface area contributed by atoms with Gasteiger partial charge in [0.1, 0.15) is 0 Å². The van der Waals surface area contributed by atoms with Crippen LogP contribution in [0.15, 0.2) is 11.6 Å². The number of halogens is 3. The average Bonchev–Trinajstić information content (AvgIpc) is 2.08. The Morgan fingerprint density at radius 1 is 1.24 bits per heavy atom. The highest BCUT2D eigenvalue weighted by atomic mass is 28.4. The largest absolute Gasteiger partial charge is 0.414 e. The maximum absolute atomic E-state index is 12.5. The van der Waals surface area contributed by atoms with Crippen molar-refractivity contribution in [2.24, 2.45) is 0 Å². The normalized spacial score (nSPS) is 15.2. The predicted molar refractivity (Wildman–Crippen MR) is 64.4 cm³/mol. The summed E-state index contributed by atoms with van der Waals surface area (Å²) in [7, 11) is -2.20. The van der Waals surface area contributed by atoms with Gasteiger partial charge >= 0.3 is 6.18 Å². The Balaban J connectivity index is 4.70. The molecule has 0 saturated carbocycles. The molecule has 17 heavy (non-hydrogen) atoms. The molecule has 0 aliphatic carbocycles. The van der Waals surface area contributed by atoms with Crippen LogP contribution in [0.4, 0.5) is 13.2 Å². The molecule has 0 aromatic carbocycles. The first kappa shape index (κ1) is 16.7. The zero-order chi connectivity index (χ0) is 13.9. The first-order chi connectivity index (χ1) is 7.42. The van der Waals surface area contributed by atoms with Crippen LogP contribution in [0.2, 0.25) is 18.1 Å². The molecule has 0 unspecified atom stereocenters. The highest BCUT2D eigenvalue weighted by Gasteiger charge is 2.40. The van der Waals surface area contributed by atoms with Gasteiger partial charge in [0.05, 0.1) is 18.8 Å². The molecule has 6 heteroatoms. The molecule has 0 rings (SSSR count). The van der Waals surface area contributed by atoms with Crippen LogP contribution in [-0.2, 0) is 4.43 Å². The third-order valence-corrected chi connectivity index (χ3v) is 7.57. The number of hydrogen-bond donors (Lipinski definition) is 1. The number of aliphatic hydroxyl groups excluding tert-OH is 1. The van der Waals surface area contributed by atoms with Crippen LogP contribution in [0.3, 0.4) is 0 Å². The molecule has 0 saturated heterocycles. The summed E-state index contributed by atoms with van der Waals surface area (Å²) in [6.45, 7) is 8.54. The minimum atomic E-state index is -4.44. The molecule has 0 bridgehead atoms. The fourth-order valence-electron chi connectivity index (χ4n) is 0.841. The topological polar surface area (TPSA) is 29.5 Å². The van der Waals surface area contributed by atoms with Crippen LogP contribution < -0.4 is 0 Å². The lowest BCUT2D eigenvalue weighted by molar-refractivity contribution is -0.0975. The van der Waals surface area contributed by atoms with E-state index in [1.165, 1.54) is 0 Å². The molecule has 0 heterocycles. The smallest absolute Gasteiger partial charge is 0.413 e. The van der Waals surface area contributed by atoms with Crippen molar-refractivity contribution in [2.45, 2.75) is 45.1 Å². The second-order valence-electron chi connectivity index (χ2n) is 5.46. The summed E-state index contributed by atoms with van der Waals surface area (Å²) in [5.41, 5.74) is -0.815. The van der Waals surface area contributed by atoms with E-state index < -0.39 is 33.3 Å². The van der Waals surface area contributed by atoms with Gasteiger partial charge in [-0.2, -0.15) is 13.2 Å². The van der Waals surface area contributed by atoms with Crippen molar-refractivity contribution >= 4 is 8.32 Å². The van der Waals surface area contributed by atoms with Gasteiger partial charge in [-0.15, -0.1) is 0 Å². The number of hydrogen-bond acceptors (Lipinski definition) is 2. The highest BCUT2D eigenvalue weighted by Crippen LogP contribution is 2.37. The second kappa shape index (κ2) is 5.54. The predicted octanol–water partition coefficient (Wildman–Crippen LogP) is 3.49. The van der Waals surface area contributed by atoms with E-state index >= 15 is 0 Å². The lowest BCUT2D eigenvalue weighted by Gasteiger charge is -2.36. The fraction of sp³-hybridized carbons (Fsp3) is 0.818. The molecule has 0 fully saturated rings. The molecule has 0 radical (unpaired) electrons. The Kier molecular flexibility index (Phi) is 5.43. The highest BCUT2D eigenvalue weighted by molar-refractivity contribution is 6.74. The zero-order valence-corrected chi connectivity index (χ0v) is 12.0. The summed E-state index contributed by atoms with van der Waals surface area (Å²) < 4.78 is 43.1. The Morgan fingerprint density at radius 3 is 2.00 bits per heavy atom. The van der Waals surface area contributed by atoms with Crippen molar-refractivity contribution in [3.63, 3.8) is 0 Å². The molecule has 0 amide bonds. The maximum atomic E-state index is 12.5. The number of rotatable bonds is 4. The molecular weight excluding hydrogens is 249 g/mol. The summed E-state index contributed by atoms with van der Waals surface area (Å²) >= 11 is 0. The van der Waals surface area contributed by atoms with Gasteiger partial charge in [0, 0.05) is 0 Å². The minimum absolute atomic E-state index is 0.136. The zero-order valence-electron chi connectivity index (χ0n) is 11.0. The molecule has 0 aromatic rings. The van der Waals surface area contributed by atoms with Crippen LogP contribution in [0.1, 0.15) is 20.8 Å². The van der Waals surface area contributed by atoms with Crippen molar-refractivity contribution in [3.8, 4) is 0 Å². The third-order valence-electron chi connectivity index (χ3n) is 3.10. The Hall–Kier alpha value is -0.333. The fourth-order valence-corrected chi connectivity index (χ4v) is 1.79. The van der Waals surface area contributed by atoms with E-state index in [9.17, 15) is 13.2 Å². The van der Waals surface area contributed by atoms with E-state index in [0.717, 1.165) is 6.08 Å². The summed E-state index contributed by atoms with van der Waals surface area (Å²) in [6, 6.07) is 0. The molecule has 0 aliphatic rings. The molecule has 0 spiro atoms. The van der Waals surface area contributed by atoms with E-state index in [1.807, 2.05) is 33.9 Å². The summed E-state index contributed by atoms with van der Waals surface area (Å²) in [6.07, 6.45) is -3.68. The van der Waals surface area contributed by atoms with E-state index in [2.05, 4.69) is 0 Å². The van der Waals surface area contributed by atoms with Crippen molar-refractivity contribution in [3.05, 3.63) is 11.6 Å². The van der Waals surface area contributed by atoms with Crippen molar-refractivity contribution < 1.29 is 22.7 Å². The van der Waals surface area contributed by atoms with E-state index in [4.69, 9.17) is 9.53 Å². The van der Waals surface area contributed by atoms with Gasteiger partial charge in [-0.05, 0) is 24.2 Å². The molecule has 0 aliphatic heterocycles. The maximum Gasteiger partial charge on any atom is 0.414 e. The average molecular weight is 270 g/mol. The molecule has 1 N–H and O–H groups in total. The van der Waals surface area contributed by atoms with Crippen LogP contribution >= 0.6 is 0 Å². The lowest BCUT2D eigenvalue weighted by Crippen LogP contribution is -2.42. The summed E-state index contributed by atoms with van der Waals surface area (Å²) in [4.78, 5) is 0. The van der Waals surface area contributed by atoms with Gasteiger partial charge in [-0.25, -0.2) is 0 Å². The molecule has 0 atom stereocenters. The summed E-state index contributed by atoms with van der Waals surface area (Å²) in [5.74, 6) is 0. The van der Waals surface area contributed by atoms with Crippen molar-refractivity contribution in [1.82, 2.24) is 0 Å². The van der Waals surface area contributed by atoms with E-state index in [0.29, 0.717) is 0 Å². The Morgan fingerprint density at radius 2 is 1.71 bits per heavy atom. The van der Waals surface area contributed by atoms with E-state index in [-0.39, 0.29) is 5.04 Å². The quantitative estimate of drug-likeness (QED) is 0.626. The van der Waals surface area contributed by atoms with Crippen LogP contribution in [0.25, 0.3) is 0 Å². The van der Waals surface area contributed by atoms with E-state index in [1.54, 1.807) is 0 Å². The van der Waals surface area contributed by atoms with Crippen molar-refractivity contribution in [2.75, 3.05) is 13.2 Å². The van der Waals surface area contributed by atoms with Gasteiger partial charge in [-0.1, -0.05) is 20.8 Å². The molecule has 0 aromatic heterocycles. The SMILES string of the molecule is CC(C)(C)[Si](C)(C)OC/C(=C/CO)C(F)(F)F. The lowest BCUT2D eigenvalue weighted by atomic mass is 10.2. The van der Waals surface area contributed by atoms with Gasteiger partial charge in [0.2, 0.25) is 0 Å². The minimum Gasteiger partial charge on any atom is -0.413 e. The van der Waals surface area contributed by atoms with Gasteiger partial charge in [-0.3, -0.25) is 0 Å². The molecular formula is C11H21F3O2Si. The van der Waals surface area contributed by atoms with Crippen LogP contribution in [-0.4, -0.2) is 32.8 Å². The second-order valence-corrected chi connectivity index (χ2v) is 10.3. The third kappa shape index (κ3) is 5.22. The van der Waals surface area contributed by atoms with Crippen LogP contribution in [0, 0.1) is 0 Å². The standard InChI is InChI=1S/C11H21F3O2Si/c1-10(2,3)17(4,5)16-8-9(6-7-15)11(12,13)14/h6,15H,7-8H2,1-5H3/b9-6-. The first-order valence-corrected chi connectivity index (χ1v) is 8.33. The first-order valence-electron chi connectivity index (χ1n) is 5.43. The molecule has 2 nitrogen and oxygen atoms in total. The van der Waals surface area contributed by atoms with Gasteiger partial charge < -0.3 is 9.53 Å². The van der Waals surface area contributed by atoms with Gasteiger partial charge in [0.15, 0.2) is 8.32 Å².